The van der Waals surface area contributed by atoms with E-state index in [-0.39, 0.29) is 5.91 Å². The Morgan fingerprint density at radius 1 is 0.818 bits per heavy atom. The molecule has 0 saturated carbocycles. The van der Waals surface area contributed by atoms with Gasteiger partial charge in [0.1, 0.15) is 5.82 Å². The molecule has 0 aliphatic heterocycles. The monoisotopic (exact) mass is 438 g/mol. The average Bonchev–Trinajstić information content (AvgIpc) is 2.82. The third-order valence-corrected chi connectivity index (χ3v) is 5.14. The molecule has 3 aromatic heterocycles. The maximum Gasteiger partial charge on any atom is 0.256 e. The van der Waals surface area contributed by atoms with Crippen LogP contribution in [0.2, 0.25) is 0 Å². The molecule has 0 aliphatic rings. The highest BCUT2D eigenvalue weighted by Crippen LogP contribution is 2.22. The summed E-state index contributed by atoms with van der Waals surface area (Å²) in [6.45, 7) is 6.02. The third-order valence-electron chi connectivity index (χ3n) is 5.14. The summed E-state index contributed by atoms with van der Waals surface area (Å²) in [7, 11) is 0. The Morgan fingerprint density at radius 2 is 1.55 bits per heavy atom. The second kappa shape index (κ2) is 9.91. The normalized spacial score (nSPS) is 10.5. The molecule has 1 aromatic carbocycles. The van der Waals surface area contributed by atoms with Crippen molar-refractivity contribution in [1.29, 1.82) is 0 Å². The minimum atomic E-state index is -0.223. The van der Waals surface area contributed by atoms with Crippen LogP contribution in [0.15, 0.2) is 73.2 Å². The fourth-order valence-corrected chi connectivity index (χ4v) is 3.30. The van der Waals surface area contributed by atoms with Gasteiger partial charge in [-0.05, 0) is 74.4 Å². The van der Waals surface area contributed by atoms with Crippen LogP contribution in [0.4, 0.5) is 28.6 Å². The predicted octanol–water partition coefficient (Wildman–Crippen LogP) is 5.79. The molecular formula is C26H26N6O. The Hall–Kier alpha value is -4.26. The first-order valence-corrected chi connectivity index (χ1v) is 10.8. The maximum absolute atomic E-state index is 12.7. The lowest BCUT2D eigenvalue weighted by atomic mass is 10.1. The topological polar surface area (TPSA) is 91.8 Å². The smallest absolute Gasteiger partial charge is 0.256 e. The molecule has 7 nitrogen and oxygen atoms in total. The second-order valence-electron chi connectivity index (χ2n) is 7.74. The van der Waals surface area contributed by atoms with E-state index in [9.17, 15) is 4.79 Å². The first kappa shape index (κ1) is 22.0. The van der Waals surface area contributed by atoms with E-state index in [0.717, 1.165) is 46.1 Å². The number of pyridine rings is 3. The maximum atomic E-state index is 12.7. The van der Waals surface area contributed by atoms with Crippen molar-refractivity contribution >= 4 is 34.5 Å². The van der Waals surface area contributed by atoms with Crippen LogP contribution in [0.25, 0.3) is 0 Å². The summed E-state index contributed by atoms with van der Waals surface area (Å²) in [5.41, 5.74) is 7.21. The minimum absolute atomic E-state index is 0.223. The number of benzene rings is 1. The largest absolute Gasteiger partial charge is 0.355 e. The van der Waals surface area contributed by atoms with Crippen LogP contribution in [0, 0.1) is 13.8 Å². The van der Waals surface area contributed by atoms with Crippen LogP contribution in [0.3, 0.4) is 0 Å². The van der Waals surface area contributed by atoms with Gasteiger partial charge in [0.2, 0.25) is 0 Å². The van der Waals surface area contributed by atoms with E-state index < -0.39 is 0 Å². The van der Waals surface area contributed by atoms with Crippen molar-refractivity contribution in [1.82, 2.24) is 15.0 Å². The van der Waals surface area contributed by atoms with Gasteiger partial charge in [-0.15, -0.1) is 0 Å². The summed E-state index contributed by atoms with van der Waals surface area (Å²) >= 11 is 0. The van der Waals surface area contributed by atoms with Gasteiger partial charge in [0, 0.05) is 64.4 Å². The van der Waals surface area contributed by atoms with E-state index in [2.05, 4.69) is 37.8 Å². The number of aromatic nitrogens is 3. The zero-order chi connectivity index (χ0) is 23.2. The highest BCUT2D eigenvalue weighted by atomic mass is 16.1. The quantitative estimate of drug-likeness (QED) is 0.338. The Bertz CT molecular complexity index is 1270. The van der Waals surface area contributed by atoms with Crippen molar-refractivity contribution in [2.75, 3.05) is 16.0 Å². The van der Waals surface area contributed by atoms with Gasteiger partial charge in [-0.3, -0.25) is 14.8 Å². The lowest BCUT2D eigenvalue weighted by Crippen LogP contribution is -2.13. The number of hydrogen-bond acceptors (Lipinski definition) is 6. The van der Waals surface area contributed by atoms with Crippen LogP contribution in [0.1, 0.15) is 34.2 Å². The number of rotatable bonds is 7. The van der Waals surface area contributed by atoms with E-state index in [1.54, 1.807) is 30.6 Å². The average molecular weight is 439 g/mol. The molecule has 0 unspecified atom stereocenters. The summed E-state index contributed by atoms with van der Waals surface area (Å²) in [6, 6.07) is 16.9. The minimum Gasteiger partial charge on any atom is -0.355 e. The van der Waals surface area contributed by atoms with E-state index >= 15 is 0 Å². The van der Waals surface area contributed by atoms with Crippen LogP contribution in [-0.2, 0) is 6.42 Å². The Morgan fingerprint density at radius 3 is 2.30 bits per heavy atom. The third kappa shape index (κ3) is 5.71. The molecule has 0 atom stereocenters. The van der Waals surface area contributed by atoms with Crippen molar-refractivity contribution in [3.8, 4) is 0 Å². The summed E-state index contributed by atoms with van der Waals surface area (Å²) in [6.07, 6.45) is 6.14. The van der Waals surface area contributed by atoms with Gasteiger partial charge in [-0.25, -0.2) is 4.98 Å². The van der Waals surface area contributed by atoms with Gasteiger partial charge in [-0.1, -0.05) is 6.92 Å². The van der Waals surface area contributed by atoms with Crippen LogP contribution in [0.5, 0.6) is 0 Å². The Kier molecular flexibility index (Phi) is 6.59. The van der Waals surface area contributed by atoms with Gasteiger partial charge in [0.05, 0.1) is 0 Å². The zero-order valence-corrected chi connectivity index (χ0v) is 18.9. The van der Waals surface area contributed by atoms with Gasteiger partial charge in [0.15, 0.2) is 0 Å². The molecule has 3 heterocycles. The van der Waals surface area contributed by atoms with Crippen molar-refractivity contribution in [3.05, 3.63) is 95.7 Å². The number of aryl methyl sites for hydroxylation is 3. The molecule has 0 saturated heterocycles. The summed E-state index contributed by atoms with van der Waals surface area (Å²) in [4.78, 5) is 25.6. The molecular weight excluding hydrogens is 412 g/mol. The molecule has 0 bridgehead atoms. The molecule has 4 aromatic rings. The van der Waals surface area contributed by atoms with E-state index in [0.29, 0.717) is 11.4 Å². The van der Waals surface area contributed by atoms with E-state index in [4.69, 9.17) is 0 Å². The number of nitrogens with one attached hydrogen (secondary N) is 3. The fourth-order valence-electron chi connectivity index (χ4n) is 3.30. The van der Waals surface area contributed by atoms with Gasteiger partial charge in [0.25, 0.3) is 5.91 Å². The number of carbonyl (C=O) groups excluding carboxylic acids is 1. The summed E-state index contributed by atoms with van der Waals surface area (Å²) in [5, 5.41) is 9.56. The van der Waals surface area contributed by atoms with E-state index in [1.165, 1.54) is 0 Å². The number of anilines is 5. The van der Waals surface area contributed by atoms with Crippen LogP contribution < -0.4 is 16.0 Å². The molecule has 1 amide bonds. The first-order valence-electron chi connectivity index (χ1n) is 10.8. The summed E-state index contributed by atoms with van der Waals surface area (Å²) < 4.78 is 0. The molecule has 3 N–H and O–H groups in total. The van der Waals surface area contributed by atoms with E-state index in [1.807, 2.05) is 56.4 Å². The second-order valence-corrected chi connectivity index (χ2v) is 7.74. The number of nitrogens with zero attached hydrogens (tertiary/aromatic N) is 3. The molecule has 0 radical (unpaired) electrons. The molecule has 7 heteroatoms. The number of carbonyl (C=O) groups is 1. The molecule has 33 heavy (non-hydrogen) atoms. The first-order chi connectivity index (χ1) is 16.0. The lowest BCUT2D eigenvalue weighted by Gasteiger charge is -2.11. The standard InChI is InChI=1S/C26H26N6O/c1-4-20-14-22(9-11-27-20)30-23-10-12-28-25(15-23)32-26(33)19-5-7-21(8-6-19)31-24-13-18(3)29-16-17(24)2/h5-16H,4H2,1-3H3,(H,29,31)(H2,27,28,30,32,33). The highest BCUT2D eigenvalue weighted by Gasteiger charge is 2.08. The molecule has 0 fully saturated rings. The van der Waals surface area contributed by atoms with Gasteiger partial charge in [-0.2, -0.15) is 0 Å². The summed E-state index contributed by atoms with van der Waals surface area (Å²) in [5.74, 6) is 0.249. The van der Waals surface area contributed by atoms with Crippen molar-refractivity contribution in [2.45, 2.75) is 27.2 Å². The molecule has 166 valence electrons. The van der Waals surface area contributed by atoms with Crippen molar-refractivity contribution < 1.29 is 4.79 Å². The number of amides is 1. The van der Waals surface area contributed by atoms with Gasteiger partial charge >= 0.3 is 0 Å². The Balaban J connectivity index is 1.41. The molecule has 0 aliphatic carbocycles. The van der Waals surface area contributed by atoms with Crippen molar-refractivity contribution in [2.24, 2.45) is 0 Å². The fraction of sp³-hybridized carbons (Fsp3) is 0.154. The number of hydrogen-bond donors (Lipinski definition) is 3. The predicted molar refractivity (Wildman–Crippen MR) is 133 cm³/mol. The van der Waals surface area contributed by atoms with Crippen LogP contribution >= 0.6 is 0 Å². The van der Waals surface area contributed by atoms with Crippen LogP contribution in [-0.4, -0.2) is 20.9 Å². The Labute approximate surface area is 193 Å². The van der Waals surface area contributed by atoms with Crippen molar-refractivity contribution in [3.63, 3.8) is 0 Å². The molecule has 4 rings (SSSR count). The highest BCUT2D eigenvalue weighted by molar-refractivity contribution is 6.04. The van der Waals surface area contributed by atoms with Gasteiger partial charge < -0.3 is 16.0 Å². The zero-order valence-electron chi connectivity index (χ0n) is 18.9. The lowest BCUT2D eigenvalue weighted by molar-refractivity contribution is 0.102. The molecule has 0 spiro atoms. The SMILES string of the molecule is CCc1cc(Nc2ccnc(NC(=O)c3ccc(Nc4cc(C)ncc4C)cc3)c2)ccn1.